The van der Waals surface area contributed by atoms with E-state index in [2.05, 4.69) is 33.4 Å². The fourth-order valence-electron chi connectivity index (χ4n) is 4.06. The van der Waals surface area contributed by atoms with Crippen LogP contribution >= 0.6 is 0 Å². The van der Waals surface area contributed by atoms with E-state index in [4.69, 9.17) is 4.74 Å². The van der Waals surface area contributed by atoms with Gasteiger partial charge >= 0.3 is 6.03 Å². The number of carbonyl (C=O) groups excluding carboxylic acids is 1. The summed E-state index contributed by atoms with van der Waals surface area (Å²) in [6.45, 7) is 10.1. The Morgan fingerprint density at radius 2 is 2.12 bits per heavy atom. The van der Waals surface area contributed by atoms with Crippen molar-refractivity contribution in [1.82, 2.24) is 24.8 Å². The summed E-state index contributed by atoms with van der Waals surface area (Å²) in [5, 5.41) is 20.2. The number of hydrogen-bond acceptors (Lipinski definition) is 6. The second-order valence-corrected chi connectivity index (χ2v) is 8.44. The standard InChI is InChI=1S/C25H29N7O2/c1-4-34-21-11-22(24-19(12-26)15-29-32(24)16-21)18-5-6-23(27-14-18)30-20-7-9-31(10-8-20)25(33)28-13-17(2)3/h5-6,11,14-16,20H,2,4,7-10,13H2,1,3H3,(H,27,30)(H,28,33). The molecule has 9 heteroatoms. The molecule has 4 rings (SSSR count). The smallest absolute Gasteiger partial charge is 0.317 e. The van der Waals surface area contributed by atoms with Crippen LogP contribution in [-0.2, 0) is 0 Å². The highest BCUT2D eigenvalue weighted by molar-refractivity contribution is 5.85. The van der Waals surface area contributed by atoms with Gasteiger partial charge in [-0.25, -0.2) is 14.3 Å². The van der Waals surface area contributed by atoms with E-state index in [1.807, 2.05) is 36.9 Å². The topological polar surface area (TPSA) is 108 Å². The van der Waals surface area contributed by atoms with E-state index < -0.39 is 0 Å². The lowest BCUT2D eigenvalue weighted by Gasteiger charge is -2.32. The molecule has 0 aromatic carbocycles. The SMILES string of the molecule is C=C(C)CNC(=O)N1CCC(Nc2ccc(-c3cc(OCC)cn4ncc(C#N)c34)cn2)CC1. The minimum atomic E-state index is -0.0406. The van der Waals surface area contributed by atoms with Crippen molar-refractivity contribution in [2.75, 3.05) is 31.6 Å². The summed E-state index contributed by atoms with van der Waals surface area (Å²) in [5.74, 6) is 1.46. The molecule has 0 bridgehead atoms. The van der Waals surface area contributed by atoms with E-state index >= 15 is 0 Å². The molecule has 0 unspecified atom stereocenters. The molecule has 0 atom stereocenters. The van der Waals surface area contributed by atoms with Gasteiger partial charge in [-0.15, -0.1) is 0 Å². The van der Waals surface area contributed by atoms with Gasteiger partial charge in [0, 0.05) is 43.0 Å². The van der Waals surface area contributed by atoms with Gasteiger partial charge in [-0.3, -0.25) is 0 Å². The maximum Gasteiger partial charge on any atom is 0.317 e. The van der Waals surface area contributed by atoms with Gasteiger partial charge in [0.15, 0.2) is 0 Å². The average molecular weight is 460 g/mol. The van der Waals surface area contributed by atoms with Crippen LogP contribution in [0.3, 0.4) is 0 Å². The molecule has 1 aliphatic heterocycles. The molecular formula is C25H29N7O2. The quantitative estimate of drug-likeness (QED) is 0.520. The number of urea groups is 1. The van der Waals surface area contributed by atoms with Gasteiger partial charge in [0.25, 0.3) is 0 Å². The number of anilines is 1. The Morgan fingerprint density at radius 3 is 2.76 bits per heavy atom. The van der Waals surface area contributed by atoms with Crippen molar-refractivity contribution in [2.45, 2.75) is 32.7 Å². The summed E-state index contributed by atoms with van der Waals surface area (Å²) in [6, 6.07) is 8.25. The molecule has 3 aromatic heterocycles. The number of amides is 2. The molecule has 1 aliphatic rings. The van der Waals surface area contributed by atoms with Crippen molar-refractivity contribution >= 4 is 17.4 Å². The Bertz CT molecular complexity index is 1220. The van der Waals surface area contributed by atoms with Gasteiger partial charge in [-0.2, -0.15) is 10.4 Å². The summed E-state index contributed by atoms with van der Waals surface area (Å²) < 4.78 is 7.35. The number of likely N-dealkylation sites (tertiary alicyclic amines) is 1. The molecule has 176 valence electrons. The summed E-state index contributed by atoms with van der Waals surface area (Å²) >= 11 is 0. The lowest BCUT2D eigenvalue weighted by molar-refractivity contribution is 0.184. The predicted octanol–water partition coefficient (Wildman–Crippen LogP) is 3.83. The van der Waals surface area contributed by atoms with Crippen molar-refractivity contribution in [1.29, 1.82) is 5.26 Å². The molecule has 0 saturated carbocycles. The molecule has 3 aromatic rings. The minimum Gasteiger partial charge on any atom is -0.492 e. The zero-order valence-corrected chi connectivity index (χ0v) is 19.5. The van der Waals surface area contributed by atoms with E-state index in [1.165, 1.54) is 0 Å². The number of nitriles is 1. The highest BCUT2D eigenvalue weighted by Gasteiger charge is 2.23. The van der Waals surface area contributed by atoms with Gasteiger partial charge in [0.2, 0.25) is 0 Å². The number of fused-ring (bicyclic) bond motifs is 1. The van der Waals surface area contributed by atoms with Gasteiger partial charge < -0.3 is 20.3 Å². The van der Waals surface area contributed by atoms with Crippen LogP contribution < -0.4 is 15.4 Å². The molecule has 0 radical (unpaired) electrons. The molecule has 2 amide bonds. The lowest BCUT2D eigenvalue weighted by Crippen LogP contribution is -2.47. The van der Waals surface area contributed by atoms with Gasteiger partial charge in [-0.1, -0.05) is 12.2 Å². The highest BCUT2D eigenvalue weighted by atomic mass is 16.5. The second-order valence-electron chi connectivity index (χ2n) is 8.44. The lowest BCUT2D eigenvalue weighted by atomic mass is 10.0. The number of nitrogens with zero attached hydrogens (tertiary/aromatic N) is 5. The Morgan fingerprint density at radius 1 is 1.32 bits per heavy atom. The van der Waals surface area contributed by atoms with Crippen molar-refractivity contribution in [3.8, 4) is 22.9 Å². The number of ether oxygens (including phenoxy) is 1. The second kappa shape index (κ2) is 10.3. The number of pyridine rings is 2. The normalized spacial score (nSPS) is 14.0. The van der Waals surface area contributed by atoms with Crippen LogP contribution in [-0.4, -0.2) is 57.8 Å². The van der Waals surface area contributed by atoms with Crippen LogP contribution in [0.25, 0.3) is 16.6 Å². The summed E-state index contributed by atoms with van der Waals surface area (Å²) in [4.78, 5) is 18.7. The van der Waals surface area contributed by atoms with Crippen molar-refractivity contribution in [2.24, 2.45) is 0 Å². The van der Waals surface area contributed by atoms with E-state index in [0.29, 0.717) is 37.6 Å². The van der Waals surface area contributed by atoms with Crippen LogP contribution in [0.2, 0.25) is 0 Å². The monoisotopic (exact) mass is 459 g/mol. The third-order valence-corrected chi connectivity index (χ3v) is 5.77. The first kappa shape index (κ1) is 23.1. The summed E-state index contributed by atoms with van der Waals surface area (Å²) in [5.41, 5.74) is 3.87. The highest BCUT2D eigenvalue weighted by Crippen LogP contribution is 2.31. The van der Waals surface area contributed by atoms with Gasteiger partial charge in [-0.05, 0) is 44.9 Å². The maximum absolute atomic E-state index is 12.2. The first-order valence-electron chi connectivity index (χ1n) is 11.4. The van der Waals surface area contributed by atoms with Crippen LogP contribution in [0.5, 0.6) is 5.75 Å². The molecule has 2 N–H and O–H groups in total. The fourth-order valence-corrected chi connectivity index (χ4v) is 4.06. The molecule has 1 fully saturated rings. The third-order valence-electron chi connectivity index (χ3n) is 5.77. The molecule has 9 nitrogen and oxygen atoms in total. The molecule has 34 heavy (non-hydrogen) atoms. The van der Waals surface area contributed by atoms with Gasteiger partial charge in [0.1, 0.15) is 17.6 Å². The summed E-state index contributed by atoms with van der Waals surface area (Å²) in [7, 11) is 0. The Labute approximate surface area is 199 Å². The number of aromatic nitrogens is 3. The van der Waals surface area contributed by atoms with E-state index in [1.54, 1.807) is 23.1 Å². The van der Waals surface area contributed by atoms with Crippen molar-refractivity contribution in [3.05, 3.63) is 54.5 Å². The first-order valence-corrected chi connectivity index (χ1v) is 11.4. The van der Waals surface area contributed by atoms with Crippen molar-refractivity contribution < 1.29 is 9.53 Å². The van der Waals surface area contributed by atoms with E-state index in [0.717, 1.165) is 40.9 Å². The van der Waals surface area contributed by atoms with E-state index in [-0.39, 0.29) is 12.1 Å². The zero-order valence-electron chi connectivity index (χ0n) is 19.5. The van der Waals surface area contributed by atoms with Crippen LogP contribution in [0.1, 0.15) is 32.3 Å². The Balaban J connectivity index is 1.44. The molecule has 1 saturated heterocycles. The number of nitrogens with one attached hydrogen (secondary N) is 2. The zero-order chi connectivity index (χ0) is 24.1. The van der Waals surface area contributed by atoms with Crippen molar-refractivity contribution in [3.63, 3.8) is 0 Å². The number of hydrogen-bond donors (Lipinski definition) is 2. The molecule has 4 heterocycles. The molecule has 0 aliphatic carbocycles. The van der Waals surface area contributed by atoms with E-state index in [9.17, 15) is 10.1 Å². The first-order chi connectivity index (χ1) is 16.5. The Kier molecular flexibility index (Phi) is 6.97. The Hall–Kier alpha value is -4.06. The average Bonchev–Trinajstić information content (AvgIpc) is 3.26. The number of carbonyl (C=O) groups is 1. The van der Waals surface area contributed by atoms with Gasteiger partial charge in [0.05, 0.1) is 30.1 Å². The third kappa shape index (κ3) is 5.12. The maximum atomic E-state index is 12.2. The van der Waals surface area contributed by atoms with Crippen LogP contribution in [0, 0.1) is 11.3 Å². The predicted molar refractivity (Wildman–Crippen MR) is 131 cm³/mol. The van der Waals surface area contributed by atoms with Crippen LogP contribution in [0.4, 0.5) is 10.6 Å². The number of rotatable bonds is 7. The molecular weight excluding hydrogens is 430 g/mol. The largest absolute Gasteiger partial charge is 0.492 e. The minimum absolute atomic E-state index is 0.0406. The molecule has 0 spiro atoms. The number of piperidine rings is 1. The summed E-state index contributed by atoms with van der Waals surface area (Å²) in [6.07, 6.45) is 6.83. The fraction of sp³-hybridized carbons (Fsp3) is 0.360. The van der Waals surface area contributed by atoms with Crippen LogP contribution in [0.15, 0.2) is 48.9 Å².